The number of nitrogens with one attached hydrogen (secondary N) is 1. The Balaban J connectivity index is 2.83. The molecule has 0 unspecified atom stereocenters. The number of phenolic OH excluding ortho intramolecular Hbond substituents is 1. The number of ether oxygens (including phenoxy) is 1. The highest BCUT2D eigenvalue weighted by molar-refractivity contribution is 5.99. The lowest BCUT2D eigenvalue weighted by Gasteiger charge is -2.26. The number of urea groups is 1. The number of nitrogens with two attached hydrogens (primary N) is 1. The van der Waals surface area contributed by atoms with Crippen LogP contribution in [0, 0.1) is 0 Å². The maximum Gasteiger partial charge on any atom is 0.418 e. The fourth-order valence-electron chi connectivity index (χ4n) is 1.48. The molecule has 0 aliphatic rings. The molecule has 7 nitrogen and oxygen atoms in total. The number of para-hydroxylation sites is 2. The van der Waals surface area contributed by atoms with Gasteiger partial charge < -0.3 is 20.9 Å². The number of rotatable bonds is 3. The third-order valence-corrected chi connectivity index (χ3v) is 2.36. The van der Waals surface area contributed by atoms with Crippen LogP contribution in [0.4, 0.5) is 15.3 Å². The molecular weight excluding hydrogens is 274 g/mol. The average Bonchev–Trinajstić information content (AvgIpc) is 2.36. The van der Waals surface area contributed by atoms with Gasteiger partial charge in [-0.25, -0.2) is 14.5 Å². The summed E-state index contributed by atoms with van der Waals surface area (Å²) in [6, 6.07) is 5.50. The Kier molecular flexibility index (Phi) is 5.54. The van der Waals surface area contributed by atoms with E-state index in [2.05, 4.69) is 5.32 Å². The maximum absolute atomic E-state index is 12.1. The van der Waals surface area contributed by atoms with Gasteiger partial charge >= 0.3 is 12.1 Å². The van der Waals surface area contributed by atoms with Gasteiger partial charge in [-0.15, -0.1) is 0 Å². The standard InChI is InChI=1S/C14H21N3O4/c1-14(2,3)21-13(20)17(9-8-15)12(19)16-10-6-4-5-7-11(10)18/h4-7,18H,8-9,15H2,1-3H3,(H,16,19). The summed E-state index contributed by atoms with van der Waals surface area (Å²) in [7, 11) is 0. The van der Waals surface area contributed by atoms with Gasteiger partial charge in [-0.3, -0.25) is 0 Å². The highest BCUT2D eigenvalue weighted by Gasteiger charge is 2.27. The van der Waals surface area contributed by atoms with Crippen LogP contribution in [-0.4, -0.2) is 40.8 Å². The van der Waals surface area contributed by atoms with Crippen molar-refractivity contribution in [1.82, 2.24) is 4.90 Å². The van der Waals surface area contributed by atoms with Crippen LogP contribution < -0.4 is 11.1 Å². The monoisotopic (exact) mass is 295 g/mol. The molecule has 0 saturated heterocycles. The number of hydrogen-bond acceptors (Lipinski definition) is 5. The second-order valence-electron chi connectivity index (χ2n) is 5.37. The quantitative estimate of drug-likeness (QED) is 0.741. The van der Waals surface area contributed by atoms with E-state index in [9.17, 15) is 14.7 Å². The van der Waals surface area contributed by atoms with Gasteiger partial charge in [-0.2, -0.15) is 0 Å². The molecule has 3 amide bonds. The zero-order valence-electron chi connectivity index (χ0n) is 12.4. The van der Waals surface area contributed by atoms with E-state index in [0.717, 1.165) is 4.90 Å². The zero-order valence-corrected chi connectivity index (χ0v) is 12.4. The molecule has 0 aromatic heterocycles. The minimum atomic E-state index is -0.791. The topological polar surface area (TPSA) is 105 Å². The lowest BCUT2D eigenvalue weighted by atomic mass is 10.2. The summed E-state index contributed by atoms with van der Waals surface area (Å²) in [5.41, 5.74) is 4.89. The van der Waals surface area contributed by atoms with Crippen LogP contribution in [0.2, 0.25) is 0 Å². The van der Waals surface area contributed by atoms with Crippen molar-refractivity contribution in [2.75, 3.05) is 18.4 Å². The Morgan fingerprint density at radius 1 is 1.33 bits per heavy atom. The third kappa shape index (κ3) is 5.31. The Labute approximate surface area is 123 Å². The summed E-state index contributed by atoms with van der Waals surface area (Å²) < 4.78 is 5.15. The molecule has 0 bridgehead atoms. The number of carbonyl (C=O) groups excluding carboxylic acids is 2. The van der Waals surface area contributed by atoms with Gasteiger partial charge in [0.2, 0.25) is 0 Å². The summed E-state index contributed by atoms with van der Waals surface area (Å²) in [6.07, 6.45) is -0.791. The van der Waals surface area contributed by atoms with Crippen LogP contribution in [0.1, 0.15) is 20.8 Å². The molecule has 0 aliphatic heterocycles. The maximum atomic E-state index is 12.1. The van der Waals surface area contributed by atoms with E-state index in [1.54, 1.807) is 32.9 Å². The fourth-order valence-corrected chi connectivity index (χ4v) is 1.48. The third-order valence-electron chi connectivity index (χ3n) is 2.36. The Bertz CT molecular complexity index is 511. The molecule has 1 aromatic rings. The summed E-state index contributed by atoms with van der Waals surface area (Å²) in [4.78, 5) is 25.0. The first kappa shape index (κ1) is 16.8. The van der Waals surface area contributed by atoms with E-state index in [0.29, 0.717) is 0 Å². The minimum Gasteiger partial charge on any atom is -0.506 e. The van der Waals surface area contributed by atoms with Gasteiger partial charge in [0.25, 0.3) is 0 Å². The number of amides is 3. The zero-order chi connectivity index (χ0) is 16.0. The predicted octanol–water partition coefficient (Wildman–Crippen LogP) is 2.12. The fraction of sp³-hybridized carbons (Fsp3) is 0.429. The number of carbonyl (C=O) groups is 2. The summed E-state index contributed by atoms with van der Waals surface area (Å²) in [6.45, 7) is 5.22. The number of anilines is 1. The number of phenols is 1. The van der Waals surface area contributed by atoms with Crippen LogP contribution in [0.25, 0.3) is 0 Å². The molecule has 1 rings (SSSR count). The van der Waals surface area contributed by atoms with Gasteiger partial charge in [0.15, 0.2) is 0 Å². The molecular formula is C14H21N3O4. The van der Waals surface area contributed by atoms with Crippen LogP contribution >= 0.6 is 0 Å². The molecule has 0 aliphatic carbocycles. The number of aromatic hydroxyl groups is 1. The van der Waals surface area contributed by atoms with Crippen LogP contribution in [-0.2, 0) is 4.74 Å². The Morgan fingerprint density at radius 3 is 2.48 bits per heavy atom. The van der Waals surface area contributed by atoms with Gasteiger partial charge in [0.1, 0.15) is 11.4 Å². The molecule has 0 saturated carbocycles. The van der Waals surface area contributed by atoms with Crippen LogP contribution in [0.15, 0.2) is 24.3 Å². The Hall–Kier alpha value is -2.28. The van der Waals surface area contributed by atoms with Crippen molar-refractivity contribution in [3.63, 3.8) is 0 Å². The van der Waals surface area contributed by atoms with E-state index in [4.69, 9.17) is 10.5 Å². The molecule has 0 atom stereocenters. The molecule has 1 aromatic carbocycles. The molecule has 7 heteroatoms. The summed E-state index contributed by atoms with van der Waals surface area (Å²) >= 11 is 0. The van der Waals surface area contributed by atoms with E-state index in [-0.39, 0.29) is 24.5 Å². The second-order valence-corrected chi connectivity index (χ2v) is 5.37. The summed E-state index contributed by atoms with van der Waals surface area (Å²) in [5.74, 6) is -0.0947. The summed E-state index contributed by atoms with van der Waals surface area (Å²) in [5, 5.41) is 12.1. The van der Waals surface area contributed by atoms with E-state index >= 15 is 0 Å². The molecule has 4 N–H and O–H groups in total. The SMILES string of the molecule is CC(C)(C)OC(=O)N(CCN)C(=O)Nc1ccccc1O. The first-order chi connectivity index (χ1) is 9.74. The van der Waals surface area contributed by atoms with Crippen molar-refractivity contribution < 1.29 is 19.4 Å². The smallest absolute Gasteiger partial charge is 0.418 e. The first-order valence-corrected chi connectivity index (χ1v) is 6.54. The molecule has 0 spiro atoms. The number of benzene rings is 1. The lowest BCUT2D eigenvalue weighted by Crippen LogP contribution is -2.45. The molecule has 0 fully saturated rings. The van der Waals surface area contributed by atoms with Gasteiger partial charge in [-0.05, 0) is 32.9 Å². The first-order valence-electron chi connectivity index (χ1n) is 6.54. The second kappa shape index (κ2) is 6.94. The highest BCUT2D eigenvalue weighted by atomic mass is 16.6. The largest absolute Gasteiger partial charge is 0.506 e. The van der Waals surface area contributed by atoms with E-state index < -0.39 is 17.7 Å². The highest BCUT2D eigenvalue weighted by Crippen LogP contribution is 2.22. The number of hydrogen-bond donors (Lipinski definition) is 3. The van der Waals surface area contributed by atoms with E-state index in [1.807, 2.05) is 0 Å². The van der Waals surface area contributed by atoms with E-state index in [1.165, 1.54) is 12.1 Å². The Morgan fingerprint density at radius 2 is 1.95 bits per heavy atom. The van der Waals surface area contributed by atoms with Crippen LogP contribution in [0.5, 0.6) is 5.75 Å². The lowest BCUT2D eigenvalue weighted by molar-refractivity contribution is 0.0336. The molecule has 0 heterocycles. The van der Waals surface area contributed by atoms with Crippen LogP contribution in [0.3, 0.4) is 0 Å². The average molecular weight is 295 g/mol. The van der Waals surface area contributed by atoms with Crippen molar-refractivity contribution in [2.45, 2.75) is 26.4 Å². The normalized spacial score (nSPS) is 10.9. The van der Waals surface area contributed by atoms with Gasteiger partial charge in [-0.1, -0.05) is 12.1 Å². The van der Waals surface area contributed by atoms with Crippen molar-refractivity contribution in [2.24, 2.45) is 5.73 Å². The number of nitrogens with zero attached hydrogens (tertiary/aromatic N) is 1. The van der Waals surface area contributed by atoms with Gasteiger partial charge in [0, 0.05) is 13.1 Å². The number of imide groups is 1. The molecule has 0 radical (unpaired) electrons. The van der Waals surface area contributed by atoms with Crippen molar-refractivity contribution in [3.05, 3.63) is 24.3 Å². The van der Waals surface area contributed by atoms with Crippen molar-refractivity contribution in [3.8, 4) is 5.75 Å². The molecule has 116 valence electrons. The van der Waals surface area contributed by atoms with Crippen molar-refractivity contribution >= 4 is 17.8 Å². The minimum absolute atomic E-state index is 0.00828. The predicted molar refractivity (Wildman–Crippen MR) is 79.1 cm³/mol. The molecule has 21 heavy (non-hydrogen) atoms. The van der Waals surface area contributed by atoms with Crippen molar-refractivity contribution in [1.29, 1.82) is 0 Å². The van der Waals surface area contributed by atoms with Gasteiger partial charge in [0.05, 0.1) is 5.69 Å².